The van der Waals surface area contributed by atoms with Crippen LogP contribution in [0.2, 0.25) is 0 Å². The van der Waals surface area contributed by atoms with Crippen LogP contribution in [0.3, 0.4) is 0 Å². The van der Waals surface area contributed by atoms with Crippen LogP contribution in [0.15, 0.2) is 0 Å². The van der Waals surface area contributed by atoms with E-state index in [0.29, 0.717) is 0 Å². The van der Waals surface area contributed by atoms with Crippen molar-refractivity contribution in [2.75, 3.05) is 0 Å². The molecule has 0 aromatic heterocycles. The number of nitrogens with two attached hydrogens (primary N) is 1. The molecule has 0 aliphatic heterocycles. The van der Waals surface area contributed by atoms with Crippen LogP contribution in [0.1, 0.15) is 59.3 Å². The van der Waals surface area contributed by atoms with Gasteiger partial charge in [0.15, 0.2) is 0 Å². The van der Waals surface area contributed by atoms with Gasteiger partial charge in [0, 0.05) is 11.6 Å². The summed E-state index contributed by atoms with van der Waals surface area (Å²) >= 11 is 0. The highest BCUT2D eigenvalue weighted by molar-refractivity contribution is 5.75. The number of amides is 2. The molecule has 4 saturated carbocycles. The molecule has 0 spiro atoms. The molecule has 4 nitrogen and oxygen atoms in total. The third-order valence-corrected chi connectivity index (χ3v) is 5.99. The SMILES string of the molecule is CC(N)C(C)(C)NC(=O)NC12CC3CC(CC(C3)C1)C2. The number of urea groups is 1. The minimum absolute atomic E-state index is 0.0331. The Morgan fingerprint density at radius 1 is 1.15 bits per heavy atom. The lowest BCUT2D eigenvalue weighted by molar-refractivity contribution is -0.0139. The number of carbonyl (C=O) groups is 1. The smallest absolute Gasteiger partial charge is 0.315 e. The number of hydrogen-bond donors (Lipinski definition) is 3. The summed E-state index contributed by atoms with van der Waals surface area (Å²) in [5.74, 6) is 2.55. The molecule has 4 heteroatoms. The van der Waals surface area contributed by atoms with Gasteiger partial charge in [0.1, 0.15) is 0 Å². The van der Waals surface area contributed by atoms with E-state index in [1.54, 1.807) is 0 Å². The molecular formula is C16H29N3O. The first-order chi connectivity index (χ1) is 9.28. The summed E-state index contributed by atoms with van der Waals surface area (Å²) in [5.41, 5.74) is 5.64. The summed E-state index contributed by atoms with van der Waals surface area (Å²) in [6.07, 6.45) is 7.75. The van der Waals surface area contributed by atoms with Gasteiger partial charge in [-0.2, -0.15) is 0 Å². The molecule has 4 rings (SSSR count). The predicted octanol–water partition coefficient (Wildman–Crippen LogP) is 2.38. The summed E-state index contributed by atoms with van der Waals surface area (Å²) < 4.78 is 0. The molecule has 0 saturated heterocycles. The Morgan fingerprint density at radius 3 is 2.00 bits per heavy atom. The molecule has 1 atom stereocenters. The standard InChI is InChI=1S/C16H29N3O/c1-10(17)15(2,3)18-14(20)19-16-7-11-4-12(8-16)6-13(5-11)9-16/h10-13H,4-9,17H2,1-3H3,(H2,18,19,20). The van der Waals surface area contributed by atoms with E-state index in [4.69, 9.17) is 5.73 Å². The van der Waals surface area contributed by atoms with Gasteiger partial charge in [-0.25, -0.2) is 4.79 Å². The maximum atomic E-state index is 12.4. The summed E-state index contributed by atoms with van der Waals surface area (Å²) in [6, 6.07) is -0.0983. The number of carbonyl (C=O) groups excluding carboxylic acids is 1. The average molecular weight is 279 g/mol. The fourth-order valence-electron chi connectivity index (χ4n) is 4.94. The minimum Gasteiger partial charge on any atom is -0.333 e. The Labute approximate surface area is 122 Å². The lowest BCUT2D eigenvalue weighted by atomic mass is 9.53. The van der Waals surface area contributed by atoms with Crippen LogP contribution in [-0.4, -0.2) is 23.2 Å². The van der Waals surface area contributed by atoms with Crippen LogP contribution in [0.25, 0.3) is 0 Å². The van der Waals surface area contributed by atoms with E-state index >= 15 is 0 Å². The second kappa shape index (κ2) is 4.62. The van der Waals surface area contributed by atoms with Crippen molar-refractivity contribution in [1.82, 2.24) is 10.6 Å². The third kappa shape index (κ3) is 2.54. The monoisotopic (exact) mass is 279 g/mol. The number of nitrogens with one attached hydrogen (secondary N) is 2. The Kier molecular flexibility index (Phi) is 3.27. The highest BCUT2D eigenvalue weighted by atomic mass is 16.2. The van der Waals surface area contributed by atoms with Crippen molar-refractivity contribution in [3.63, 3.8) is 0 Å². The van der Waals surface area contributed by atoms with Gasteiger partial charge in [0.05, 0.1) is 5.54 Å². The van der Waals surface area contributed by atoms with E-state index in [2.05, 4.69) is 10.6 Å². The molecule has 20 heavy (non-hydrogen) atoms. The molecule has 4 fully saturated rings. The number of hydrogen-bond acceptors (Lipinski definition) is 2. The van der Waals surface area contributed by atoms with Crippen LogP contribution in [0.5, 0.6) is 0 Å². The Morgan fingerprint density at radius 2 is 1.60 bits per heavy atom. The van der Waals surface area contributed by atoms with Gasteiger partial charge in [-0.15, -0.1) is 0 Å². The molecule has 0 radical (unpaired) electrons. The molecule has 0 heterocycles. The molecule has 114 valence electrons. The van der Waals surface area contributed by atoms with E-state index in [1.807, 2.05) is 20.8 Å². The first-order valence-electron chi connectivity index (χ1n) is 8.14. The molecule has 2 amide bonds. The second-order valence-corrected chi connectivity index (χ2v) is 8.29. The molecule has 1 unspecified atom stereocenters. The zero-order valence-electron chi connectivity index (χ0n) is 13.0. The number of rotatable bonds is 3. The van der Waals surface area contributed by atoms with Crippen molar-refractivity contribution in [2.45, 2.75) is 76.4 Å². The maximum Gasteiger partial charge on any atom is 0.315 e. The Balaban J connectivity index is 1.64. The van der Waals surface area contributed by atoms with Crippen LogP contribution >= 0.6 is 0 Å². The van der Waals surface area contributed by atoms with E-state index in [-0.39, 0.29) is 23.2 Å². The fraction of sp³-hybridized carbons (Fsp3) is 0.938. The van der Waals surface area contributed by atoms with Gasteiger partial charge in [-0.1, -0.05) is 0 Å². The van der Waals surface area contributed by atoms with E-state index in [0.717, 1.165) is 17.8 Å². The van der Waals surface area contributed by atoms with Gasteiger partial charge < -0.3 is 16.4 Å². The van der Waals surface area contributed by atoms with Crippen molar-refractivity contribution in [2.24, 2.45) is 23.5 Å². The predicted molar refractivity (Wildman–Crippen MR) is 80.3 cm³/mol. The van der Waals surface area contributed by atoms with Crippen molar-refractivity contribution in [3.05, 3.63) is 0 Å². The van der Waals surface area contributed by atoms with E-state index < -0.39 is 0 Å². The van der Waals surface area contributed by atoms with Gasteiger partial charge in [-0.05, 0) is 77.0 Å². The summed E-state index contributed by atoms with van der Waals surface area (Å²) in [6.45, 7) is 5.90. The van der Waals surface area contributed by atoms with Crippen molar-refractivity contribution < 1.29 is 4.79 Å². The largest absolute Gasteiger partial charge is 0.333 e. The van der Waals surface area contributed by atoms with Crippen LogP contribution in [-0.2, 0) is 0 Å². The van der Waals surface area contributed by atoms with Crippen LogP contribution < -0.4 is 16.4 Å². The quantitative estimate of drug-likeness (QED) is 0.742. The second-order valence-electron chi connectivity index (χ2n) is 8.29. The zero-order valence-corrected chi connectivity index (χ0v) is 13.0. The maximum absolute atomic E-state index is 12.4. The highest BCUT2D eigenvalue weighted by Crippen LogP contribution is 2.55. The first kappa shape index (κ1) is 14.2. The average Bonchev–Trinajstić information content (AvgIpc) is 2.24. The first-order valence-corrected chi connectivity index (χ1v) is 8.14. The van der Waals surface area contributed by atoms with Crippen LogP contribution in [0, 0.1) is 17.8 Å². The molecule has 4 aliphatic carbocycles. The zero-order chi connectivity index (χ0) is 14.5. The van der Waals surface area contributed by atoms with Crippen molar-refractivity contribution in [3.8, 4) is 0 Å². The topological polar surface area (TPSA) is 67.1 Å². The van der Waals surface area contributed by atoms with E-state index in [1.165, 1.54) is 38.5 Å². The van der Waals surface area contributed by atoms with Gasteiger partial charge in [0.25, 0.3) is 0 Å². The molecular weight excluding hydrogens is 250 g/mol. The summed E-state index contributed by atoms with van der Waals surface area (Å²) in [7, 11) is 0. The molecule has 0 aromatic carbocycles. The fourth-order valence-corrected chi connectivity index (χ4v) is 4.94. The minimum atomic E-state index is -0.369. The van der Waals surface area contributed by atoms with Crippen molar-refractivity contribution >= 4 is 6.03 Å². The van der Waals surface area contributed by atoms with Gasteiger partial charge >= 0.3 is 6.03 Å². The van der Waals surface area contributed by atoms with Crippen molar-refractivity contribution in [1.29, 1.82) is 0 Å². The van der Waals surface area contributed by atoms with E-state index in [9.17, 15) is 4.79 Å². The lowest BCUT2D eigenvalue weighted by Crippen LogP contribution is -2.64. The van der Waals surface area contributed by atoms with Gasteiger partial charge in [0.2, 0.25) is 0 Å². The third-order valence-electron chi connectivity index (χ3n) is 5.99. The van der Waals surface area contributed by atoms with Crippen LogP contribution in [0.4, 0.5) is 4.79 Å². The Hall–Kier alpha value is -0.770. The lowest BCUT2D eigenvalue weighted by Gasteiger charge is -2.57. The molecule has 0 aromatic rings. The summed E-state index contributed by atoms with van der Waals surface area (Å²) in [4.78, 5) is 12.4. The normalized spacial score (nSPS) is 40.5. The molecule has 4 aliphatic rings. The molecule has 4 bridgehead atoms. The molecule has 4 N–H and O–H groups in total. The van der Waals surface area contributed by atoms with Gasteiger partial charge in [-0.3, -0.25) is 0 Å². The Bertz CT molecular complexity index is 367. The highest BCUT2D eigenvalue weighted by Gasteiger charge is 2.51. The summed E-state index contributed by atoms with van der Waals surface area (Å²) in [5, 5.41) is 6.39.